The first-order valence-corrected chi connectivity index (χ1v) is 11.2. The van der Waals surface area contributed by atoms with Crippen molar-refractivity contribution >= 4 is 29.1 Å². The van der Waals surface area contributed by atoms with Crippen LogP contribution < -0.4 is 5.32 Å². The van der Waals surface area contributed by atoms with Crippen molar-refractivity contribution in [3.05, 3.63) is 63.7 Å². The van der Waals surface area contributed by atoms with Crippen LogP contribution in [-0.4, -0.2) is 35.0 Å². The van der Waals surface area contributed by atoms with E-state index in [0.29, 0.717) is 29.1 Å². The zero-order valence-electron chi connectivity index (χ0n) is 18.7. The highest BCUT2D eigenvalue weighted by molar-refractivity contribution is 6.31. The molecule has 2 amide bonds. The van der Waals surface area contributed by atoms with E-state index in [2.05, 4.69) is 26.1 Å². The summed E-state index contributed by atoms with van der Waals surface area (Å²) >= 11 is 6.16. The number of hydrogen-bond donors (Lipinski definition) is 2. The molecule has 1 atom stereocenters. The molecular weight excluding hydrogens is 412 g/mol. The number of rotatable bonds is 8. The van der Waals surface area contributed by atoms with E-state index < -0.39 is 6.04 Å². The van der Waals surface area contributed by atoms with Gasteiger partial charge in [-0.05, 0) is 60.4 Å². The van der Waals surface area contributed by atoms with Crippen LogP contribution in [0.5, 0.6) is 0 Å². The maximum atomic E-state index is 13.6. The summed E-state index contributed by atoms with van der Waals surface area (Å²) in [5.41, 5.74) is 3.76. The van der Waals surface area contributed by atoms with Crippen molar-refractivity contribution in [2.75, 3.05) is 18.5 Å². The Balaban J connectivity index is 1.98. The minimum atomic E-state index is -0.725. The van der Waals surface area contributed by atoms with Crippen molar-refractivity contribution in [1.82, 2.24) is 4.90 Å². The molecule has 1 aliphatic heterocycles. The van der Waals surface area contributed by atoms with Gasteiger partial charge in [-0.2, -0.15) is 0 Å². The number of aliphatic hydroxyl groups excluding tert-OH is 1. The second-order valence-corrected chi connectivity index (χ2v) is 9.45. The molecular formula is C25H31ClN2O3. The van der Waals surface area contributed by atoms with E-state index in [4.69, 9.17) is 11.6 Å². The van der Waals surface area contributed by atoms with Gasteiger partial charge in [0.2, 0.25) is 0 Å². The van der Waals surface area contributed by atoms with E-state index in [1.165, 1.54) is 0 Å². The number of nitrogens with zero attached hydrogens (tertiary/aromatic N) is 1. The van der Waals surface area contributed by atoms with Crippen LogP contribution in [-0.2, 0) is 11.2 Å². The lowest BCUT2D eigenvalue weighted by molar-refractivity contribution is -0.120. The Bertz CT molecular complexity index is 987. The van der Waals surface area contributed by atoms with Gasteiger partial charge in [0.05, 0.1) is 0 Å². The maximum Gasteiger partial charge on any atom is 0.255 e. The van der Waals surface area contributed by atoms with Crippen molar-refractivity contribution in [2.45, 2.75) is 53.0 Å². The van der Waals surface area contributed by atoms with Gasteiger partial charge in [-0.15, -0.1) is 0 Å². The summed E-state index contributed by atoms with van der Waals surface area (Å²) in [7, 11) is 0. The van der Waals surface area contributed by atoms with Crippen LogP contribution in [0.15, 0.2) is 36.4 Å². The van der Waals surface area contributed by atoms with Crippen molar-refractivity contribution in [1.29, 1.82) is 0 Å². The summed E-state index contributed by atoms with van der Waals surface area (Å²) in [6.07, 6.45) is 2.19. The van der Waals surface area contributed by atoms with Gasteiger partial charge in [-0.1, -0.05) is 56.6 Å². The van der Waals surface area contributed by atoms with Crippen LogP contribution in [0.4, 0.5) is 5.69 Å². The van der Waals surface area contributed by atoms with Crippen LogP contribution in [0.25, 0.3) is 0 Å². The number of para-hydroxylation sites is 1. The summed E-state index contributed by atoms with van der Waals surface area (Å²) in [4.78, 5) is 28.5. The first-order chi connectivity index (χ1) is 14.7. The van der Waals surface area contributed by atoms with Gasteiger partial charge in [-0.3, -0.25) is 9.59 Å². The van der Waals surface area contributed by atoms with E-state index >= 15 is 0 Å². The van der Waals surface area contributed by atoms with Gasteiger partial charge in [0.25, 0.3) is 11.8 Å². The molecule has 0 saturated carbocycles. The number of carbonyl (C=O) groups is 2. The van der Waals surface area contributed by atoms with E-state index in [1.807, 2.05) is 25.1 Å². The molecule has 0 spiro atoms. The van der Waals surface area contributed by atoms with Crippen molar-refractivity contribution in [3.8, 4) is 0 Å². The van der Waals surface area contributed by atoms with E-state index in [9.17, 15) is 14.7 Å². The summed E-state index contributed by atoms with van der Waals surface area (Å²) < 4.78 is 0. The average Bonchev–Trinajstić information content (AvgIpc) is 2.98. The summed E-state index contributed by atoms with van der Waals surface area (Å²) in [6.45, 7) is 8.64. The van der Waals surface area contributed by atoms with E-state index in [1.54, 1.807) is 23.1 Å². The van der Waals surface area contributed by atoms with Crippen LogP contribution in [0.1, 0.15) is 66.7 Å². The molecule has 1 unspecified atom stereocenters. The molecule has 0 saturated heterocycles. The Morgan fingerprint density at radius 1 is 1.26 bits per heavy atom. The fraction of sp³-hybridized carbons (Fsp3) is 0.440. The third-order valence-electron chi connectivity index (χ3n) is 5.96. The summed E-state index contributed by atoms with van der Waals surface area (Å²) in [6, 6.07) is 10.4. The zero-order chi connectivity index (χ0) is 22.8. The molecule has 5 nitrogen and oxygen atoms in total. The number of benzene rings is 2. The van der Waals surface area contributed by atoms with Gasteiger partial charge in [0.15, 0.2) is 0 Å². The Labute approximate surface area is 189 Å². The second-order valence-electron chi connectivity index (χ2n) is 9.01. The molecule has 0 radical (unpaired) electrons. The highest BCUT2D eigenvalue weighted by atomic mass is 35.5. The number of anilines is 1. The van der Waals surface area contributed by atoms with E-state index in [0.717, 1.165) is 29.7 Å². The molecule has 1 aliphatic rings. The molecule has 166 valence electrons. The highest BCUT2D eigenvalue weighted by Crippen LogP contribution is 2.39. The molecule has 1 heterocycles. The standard InChI is InChI=1S/C25H31ClN2O3/c1-5-17-9-6-8-16(2)21(17)27-23(30)22-19-11-10-18(26)14-20(19)24(31)28(22)15-25(3,4)12-7-13-29/h6,8-11,14,22,29H,5,7,12-13,15H2,1-4H3,(H,27,30). The average molecular weight is 443 g/mol. The Morgan fingerprint density at radius 3 is 2.68 bits per heavy atom. The topological polar surface area (TPSA) is 69.6 Å². The molecule has 0 aromatic heterocycles. The quantitative estimate of drug-likeness (QED) is 0.594. The van der Waals surface area contributed by atoms with Crippen LogP contribution in [0, 0.1) is 12.3 Å². The molecule has 3 rings (SSSR count). The summed E-state index contributed by atoms with van der Waals surface area (Å²) in [5, 5.41) is 12.8. The van der Waals surface area contributed by atoms with Gasteiger partial charge < -0.3 is 15.3 Å². The molecule has 2 aromatic carbocycles. The van der Waals surface area contributed by atoms with Gasteiger partial charge >= 0.3 is 0 Å². The van der Waals surface area contributed by atoms with Crippen molar-refractivity contribution in [3.63, 3.8) is 0 Å². The third kappa shape index (κ3) is 4.94. The normalized spacial score (nSPS) is 15.9. The first-order valence-electron chi connectivity index (χ1n) is 10.8. The Kier molecular flexibility index (Phi) is 7.07. The maximum absolute atomic E-state index is 13.6. The number of hydrogen-bond acceptors (Lipinski definition) is 3. The number of amides is 2. The number of aryl methyl sites for hydroxylation is 2. The Hall–Kier alpha value is -2.37. The smallest absolute Gasteiger partial charge is 0.255 e. The highest BCUT2D eigenvalue weighted by Gasteiger charge is 2.43. The SMILES string of the molecule is CCc1cccc(C)c1NC(=O)C1c2ccc(Cl)cc2C(=O)N1CC(C)(C)CCCO. The lowest BCUT2D eigenvalue weighted by Gasteiger charge is -2.33. The second kappa shape index (κ2) is 9.41. The van der Waals surface area contributed by atoms with Crippen molar-refractivity contribution < 1.29 is 14.7 Å². The lowest BCUT2D eigenvalue weighted by atomic mass is 9.87. The molecule has 0 aliphatic carbocycles. The van der Waals surface area contributed by atoms with Gasteiger partial charge in [0.1, 0.15) is 6.04 Å². The molecule has 6 heteroatoms. The first kappa shape index (κ1) is 23.3. The number of aliphatic hydroxyl groups is 1. The Morgan fingerprint density at radius 2 is 2.00 bits per heavy atom. The molecule has 31 heavy (non-hydrogen) atoms. The predicted octanol–water partition coefficient (Wildman–Crippen LogP) is 5.15. The molecule has 0 fully saturated rings. The summed E-state index contributed by atoms with van der Waals surface area (Å²) in [5.74, 6) is -0.411. The molecule has 2 aromatic rings. The molecule has 2 N–H and O–H groups in total. The minimum Gasteiger partial charge on any atom is -0.396 e. The van der Waals surface area contributed by atoms with Gasteiger partial charge in [0, 0.05) is 29.4 Å². The van der Waals surface area contributed by atoms with Gasteiger partial charge in [-0.25, -0.2) is 0 Å². The zero-order valence-corrected chi connectivity index (χ0v) is 19.4. The predicted molar refractivity (Wildman–Crippen MR) is 125 cm³/mol. The van der Waals surface area contributed by atoms with E-state index in [-0.39, 0.29) is 23.8 Å². The van der Waals surface area contributed by atoms with Crippen LogP contribution >= 0.6 is 11.6 Å². The molecule has 0 bridgehead atoms. The van der Waals surface area contributed by atoms with Crippen molar-refractivity contribution in [2.24, 2.45) is 5.41 Å². The minimum absolute atomic E-state index is 0.101. The lowest BCUT2D eigenvalue weighted by Crippen LogP contribution is -2.41. The van der Waals surface area contributed by atoms with Crippen LogP contribution in [0.3, 0.4) is 0 Å². The number of nitrogens with one attached hydrogen (secondary N) is 1. The fourth-order valence-corrected chi connectivity index (χ4v) is 4.50. The third-order valence-corrected chi connectivity index (χ3v) is 6.19. The number of halogens is 1. The number of carbonyl (C=O) groups excluding carboxylic acids is 2. The fourth-order valence-electron chi connectivity index (χ4n) is 4.33. The number of fused-ring (bicyclic) bond motifs is 1. The van der Waals surface area contributed by atoms with Crippen LogP contribution in [0.2, 0.25) is 5.02 Å². The largest absolute Gasteiger partial charge is 0.396 e. The monoisotopic (exact) mass is 442 g/mol.